The molecule has 0 spiro atoms. The van der Waals surface area contributed by atoms with Gasteiger partial charge in [-0.05, 0) is 25.7 Å². The van der Waals surface area contributed by atoms with Gasteiger partial charge in [-0.15, -0.1) is 11.6 Å². The van der Waals surface area contributed by atoms with Crippen LogP contribution in [0.25, 0.3) is 0 Å². The number of alkyl halides is 1. The molecule has 1 aliphatic heterocycles. The number of amides is 1. The van der Waals surface area contributed by atoms with E-state index in [-0.39, 0.29) is 5.91 Å². The van der Waals surface area contributed by atoms with Crippen LogP contribution < -0.4 is 0 Å². The Morgan fingerprint density at radius 3 is 2.65 bits per heavy atom. The second-order valence-corrected chi connectivity index (χ2v) is 4.97. The fourth-order valence-corrected chi connectivity index (χ4v) is 2.48. The van der Waals surface area contributed by atoms with Gasteiger partial charge in [-0.2, -0.15) is 5.10 Å². The second-order valence-electron chi connectivity index (χ2n) is 4.66. The number of piperidine rings is 1. The maximum atomic E-state index is 12.3. The summed E-state index contributed by atoms with van der Waals surface area (Å²) >= 11 is 5.84. The van der Waals surface area contributed by atoms with Crippen LogP contribution in [0.5, 0.6) is 0 Å². The van der Waals surface area contributed by atoms with Gasteiger partial charge in [-0.1, -0.05) is 0 Å². The van der Waals surface area contributed by atoms with E-state index in [0.29, 0.717) is 11.8 Å². The zero-order chi connectivity index (χ0) is 12.4. The van der Waals surface area contributed by atoms with Crippen molar-refractivity contribution >= 4 is 17.5 Å². The van der Waals surface area contributed by atoms with Gasteiger partial charge in [0, 0.05) is 31.7 Å². The molecule has 0 atom stereocenters. The largest absolute Gasteiger partial charge is 0.339 e. The van der Waals surface area contributed by atoms with Crippen LogP contribution in [0.2, 0.25) is 0 Å². The average molecular weight is 256 g/mol. The molecule has 4 nitrogen and oxygen atoms in total. The van der Waals surface area contributed by atoms with Crippen LogP contribution in [0.1, 0.15) is 28.9 Å². The van der Waals surface area contributed by atoms with Gasteiger partial charge in [0.15, 0.2) is 0 Å². The maximum Gasteiger partial charge on any atom is 0.257 e. The van der Waals surface area contributed by atoms with Crippen molar-refractivity contribution in [1.29, 1.82) is 0 Å². The number of aromatic nitrogens is 2. The Hall–Kier alpha value is -1.03. The van der Waals surface area contributed by atoms with E-state index in [4.69, 9.17) is 11.6 Å². The smallest absolute Gasteiger partial charge is 0.257 e. The molecule has 1 fully saturated rings. The number of rotatable bonds is 2. The Kier molecular flexibility index (Phi) is 3.72. The number of carbonyl (C=O) groups excluding carboxylic acids is 1. The average Bonchev–Trinajstić information content (AvgIpc) is 2.69. The van der Waals surface area contributed by atoms with Gasteiger partial charge in [0.1, 0.15) is 0 Å². The molecule has 94 valence electrons. The fraction of sp³-hybridized carbons (Fsp3) is 0.667. The van der Waals surface area contributed by atoms with Gasteiger partial charge < -0.3 is 4.90 Å². The zero-order valence-corrected chi connectivity index (χ0v) is 11.1. The Bertz CT molecular complexity index is 408. The molecular formula is C12H18ClN3O. The van der Waals surface area contributed by atoms with Gasteiger partial charge in [-0.3, -0.25) is 9.48 Å². The lowest BCUT2D eigenvalue weighted by atomic mass is 9.98. The number of halogens is 1. The molecule has 0 aromatic carbocycles. The number of carbonyl (C=O) groups is 1. The molecule has 5 heteroatoms. The van der Waals surface area contributed by atoms with Crippen LogP contribution in [-0.4, -0.2) is 39.6 Å². The minimum Gasteiger partial charge on any atom is -0.339 e. The summed E-state index contributed by atoms with van der Waals surface area (Å²) in [5.41, 5.74) is 1.64. The minimum atomic E-state index is 0.101. The summed E-state index contributed by atoms with van der Waals surface area (Å²) in [5.74, 6) is 1.37. The summed E-state index contributed by atoms with van der Waals surface area (Å²) in [5, 5.41) is 4.11. The molecule has 0 saturated carbocycles. The molecule has 0 radical (unpaired) electrons. The molecule has 17 heavy (non-hydrogen) atoms. The summed E-state index contributed by atoms with van der Waals surface area (Å²) in [6.45, 7) is 3.54. The number of aryl methyl sites for hydroxylation is 1. The Morgan fingerprint density at radius 1 is 1.53 bits per heavy atom. The van der Waals surface area contributed by atoms with E-state index in [1.165, 1.54) is 0 Å². The first-order chi connectivity index (χ1) is 8.13. The highest BCUT2D eigenvalue weighted by Crippen LogP contribution is 2.20. The molecule has 1 aromatic heterocycles. The van der Waals surface area contributed by atoms with E-state index >= 15 is 0 Å². The summed E-state index contributed by atoms with van der Waals surface area (Å²) < 4.78 is 1.73. The quantitative estimate of drug-likeness (QED) is 0.756. The summed E-state index contributed by atoms with van der Waals surface area (Å²) in [6.07, 6.45) is 3.68. The van der Waals surface area contributed by atoms with Crippen molar-refractivity contribution < 1.29 is 4.79 Å². The van der Waals surface area contributed by atoms with Crippen LogP contribution in [-0.2, 0) is 7.05 Å². The highest BCUT2D eigenvalue weighted by Gasteiger charge is 2.25. The normalized spacial score (nSPS) is 17.5. The van der Waals surface area contributed by atoms with Crippen molar-refractivity contribution in [2.75, 3.05) is 19.0 Å². The topological polar surface area (TPSA) is 38.1 Å². The molecule has 1 aromatic rings. The first kappa shape index (κ1) is 12.4. The molecule has 0 aliphatic carbocycles. The second kappa shape index (κ2) is 5.08. The van der Waals surface area contributed by atoms with Gasteiger partial charge in [0.25, 0.3) is 5.91 Å². The number of hydrogen-bond donors (Lipinski definition) is 0. The van der Waals surface area contributed by atoms with Crippen LogP contribution >= 0.6 is 11.6 Å². The number of hydrogen-bond acceptors (Lipinski definition) is 2. The van der Waals surface area contributed by atoms with Gasteiger partial charge in [0.05, 0.1) is 11.8 Å². The lowest BCUT2D eigenvalue weighted by molar-refractivity contribution is 0.0697. The lowest BCUT2D eigenvalue weighted by Crippen LogP contribution is -2.39. The predicted octanol–water partition coefficient (Wildman–Crippen LogP) is 1.82. The van der Waals surface area contributed by atoms with E-state index in [1.54, 1.807) is 10.9 Å². The zero-order valence-electron chi connectivity index (χ0n) is 10.3. The standard InChI is InChI=1S/C12H18ClN3O/c1-9-11(8-14-15(9)2)12(17)16-5-3-10(7-13)4-6-16/h8,10H,3-7H2,1-2H3. The first-order valence-electron chi connectivity index (χ1n) is 5.97. The summed E-state index contributed by atoms with van der Waals surface area (Å²) in [7, 11) is 1.85. The molecule has 1 saturated heterocycles. The van der Waals surface area contributed by atoms with Crippen molar-refractivity contribution in [3.05, 3.63) is 17.5 Å². The molecular weight excluding hydrogens is 238 g/mol. The van der Waals surface area contributed by atoms with E-state index in [9.17, 15) is 4.79 Å². The van der Waals surface area contributed by atoms with Crippen molar-refractivity contribution in [1.82, 2.24) is 14.7 Å². The third-order valence-electron chi connectivity index (χ3n) is 3.59. The van der Waals surface area contributed by atoms with Gasteiger partial charge in [-0.25, -0.2) is 0 Å². The highest BCUT2D eigenvalue weighted by molar-refractivity contribution is 6.18. The van der Waals surface area contributed by atoms with E-state index in [1.807, 2.05) is 18.9 Å². The van der Waals surface area contributed by atoms with Crippen molar-refractivity contribution in [2.45, 2.75) is 19.8 Å². The monoisotopic (exact) mass is 255 g/mol. The molecule has 2 rings (SSSR count). The van der Waals surface area contributed by atoms with Crippen molar-refractivity contribution in [3.63, 3.8) is 0 Å². The molecule has 0 unspecified atom stereocenters. The molecule has 0 bridgehead atoms. The van der Waals surface area contributed by atoms with E-state index < -0.39 is 0 Å². The van der Waals surface area contributed by atoms with Crippen LogP contribution in [0.3, 0.4) is 0 Å². The van der Waals surface area contributed by atoms with E-state index in [2.05, 4.69) is 5.10 Å². The maximum absolute atomic E-state index is 12.3. The molecule has 1 aliphatic rings. The molecule has 2 heterocycles. The summed E-state index contributed by atoms with van der Waals surface area (Å²) in [4.78, 5) is 14.2. The Balaban J connectivity index is 2.04. The van der Waals surface area contributed by atoms with Crippen LogP contribution in [0.15, 0.2) is 6.20 Å². The fourth-order valence-electron chi connectivity index (χ4n) is 2.17. The van der Waals surface area contributed by atoms with Crippen molar-refractivity contribution in [2.24, 2.45) is 13.0 Å². The third-order valence-corrected chi connectivity index (χ3v) is 4.02. The van der Waals surface area contributed by atoms with Crippen LogP contribution in [0.4, 0.5) is 0 Å². The van der Waals surface area contributed by atoms with Crippen LogP contribution in [0, 0.1) is 12.8 Å². The molecule has 1 amide bonds. The predicted molar refractivity (Wildman–Crippen MR) is 67.3 cm³/mol. The van der Waals surface area contributed by atoms with Gasteiger partial charge in [0.2, 0.25) is 0 Å². The first-order valence-corrected chi connectivity index (χ1v) is 6.50. The SMILES string of the molecule is Cc1c(C(=O)N2CCC(CCl)CC2)cnn1C. The molecule has 0 N–H and O–H groups in total. The minimum absolute atomic E-state index is 0.101. The van der Waals surface area contributed by atoms with Gasteiger partial charge >= 0.3 is 0 Å². The highest BCUT2D eigenvalue weighted by atomic mass is 35.5. The third kappa shape index (κ3) is 2.46. The Labute approximate surface area is 107 Å². The Morgan fingerprint density at radius 2 is 2.18 bits per heavy atom. The number of likely N-dealkylation sites (tertiary alicyclic amines) is 1. The van der Waals surface area contributed by atoms with Crippen molar-refractivity contribution in [3.8, 4) is 0 Å². The van der Waals surface area contributed by atoms with E-state index in [0.717, 1.165) is 37.2 Å². The lowest BCUT2D eigenvalue weighted by Gasteiger charge is -2.31. The number of nitrogens with zero attached hydrogens (tertiary/aromatic N) is 3. The summed E-state index contributed by atoms with van der Waals surface area (Å²) in [6, 6.07) is 0.